The minimum Gasteiger partial charge on any atom is -0.461 e. The zero-order valence-corrected chi connectivity index (χ0v) is 32.5. The largest absolute Gasteiger partial charge is 0.461 e. The summed E-state index contributed by atoms with van der Waals surface area (Å²) in [5.41, 5.74) is -0.789. The van der Waals surface area contributed by atoms with E-state index in [0.717, 1.165) is 69.5 Å². The molecule has 5 aliphatic rings. The van der Waals surface area contributed by atoms with Crippen molar-refractivity contribution in [3.05, 3.63) is 38.7 Å². The summed E-state index contributed by atoms with van der Waals surface area (Å²) in [5, 5.41) is 23.8. The molecule has 10 nitrogen and oxygen atoms in total. The SMILES string of the molecule is CC1(C)CCC[C@](C)([C@@H]2CC[C@]3(C)[C@@H]2[C@H](O)C[C@H]2[C@@]4(C)CC[C@H](OC(=O)CSc5nc6ccc([N+](=O)[O-])cc6c(=O)[nH]5)C(C)(C)[C@@H]4CC[C@]23C)O1. The first kappa shape index (κ1) is 36.8. The Morgan fingerprint density at radius 2 is 1.75 bits per heavy atom. The van der Waals surface area contributed by atoms with Crippen molar-refractivity contribution in [2.24, 2.45) is 45.3 Å². The molecule has 1 saturated heterocycles. The van der Waals surface area contributed by atoms with Gasteiger partial charge < -0.3 is 19.6 Å². The van der Waals surface area contributed by atoms with Crippen LogP contribution in [0.2, 0.25) is 0 Å². The molecule has 1 aromatic heterocycles. The molecule has 0 spiro atoms. The van der Waals surface area contributed by atoms with Gasteiger partial charge in [-0.25, -0.2) is 4.98 Å². The van der Waals surface area contributed by atoms with Crippen molar-refractivity contribution in [2.45, 2.75) is 148 Å². The van der Waals surface area contributed by atoms with Gasteiger partial charge in [0.2, 0.25) is 0 Å². The Morgan fingerprint density at radius 1 is 1.02 bits per heavy atom. The topological polar surface area (TPSA) is 145 Å². The molecule has 1 aromatic carbocycles. The highest BCUT2D eigenvalue weighted by atomic mass is 32.2. The van der Waals surface area contributed by atoms with Gasteiger partial charge in [-0.05, 0) is 131 Å². The van der Waals surface area contributed by atoms with Gasteiger partial charge in [0.25, 0.3) is 11.2 Å². The fourth-order valence-corrected chi connectivity index (χ4v) is 13.7. The van der Waals surface area contributed by atoms with Crippen molar-refractivity contribution in [3.8, 4) is 0 Å². The number of hydrogen-bond acceptors (Lipinski definition) is 9. The predicted molar refractivity (Wildman–Crippen MR) is 197 cm³/mol. The van der Waals surface area contributed by atoms with Crippen LogP contribution in [-0.2, 0) is 14.3 Å². The summed E-state index contributed by atoms with van der Waals surface area (Å²) in [5.74, 6) is 0.938. The second-order valence-electron chi connectivity index (χ2n) is 18.9. The van der Waals surface area contributed by atoms with E-state index in [2.05, 4.69) is 65.4 Å². The van der Waals surface area contributed by atoms with Gasteiger partial charge in [0, 0.05) is 17.5 Å². The van der Waals surface area contributed by atoms with Crippen LogP contribution in [0.1, 0.15) is 120 Å². The number of fused-ring (bicyclic) bond motifs is 6. The highest BCUT2D eigenvalue weighted by Crippen LogP contribution is 2.76. The highest BCUT2D eigenvalue weighted by Gasteiger charge is 2.72. The fourth-order valence-electron chi connectivity index (χ4n) is 13.1. The van der Waals surface area contributed by atoms with Gasteiger partial charge in [-0.3, -0.25) is 19.7 Å². The number of nitro benzene ring substituents is 1. The van der Waals surface area contributed by atoms with E-state index in [1.165, 1.54) is 24.6 Å². The molecule has 0 amide bonds. The van der Waals surface area contributed by atoms with Crippen LogP contribution in [0, 0.1) is 55.4 Å². The van der Waals surface area contributed by atoms with Gasteiger partial charge in [-0.2, -0.15) is 0 Å². The second kappa shape index (κ2) is 12.3. The lowest BCUT2D eigenvalue weighted by Crippen LogP contribution is -2.67. The van der Waals surface area contributed by atoms with Crippen LogP contribution < -0.4 is 5.56 Å². The quantitative estimate of drug-likeness (QED) is 0.0990. The molecule has 1 aliphatic heterocycles. The maximum Gasteiger partial charge on any atom is 0.316 e. The smallest absolute Gasteiger partial charge is 0.316 e. The van der Waals surface area contributed by atoms with Gasteiger partial charge in [0.05, 0.1) is 38.9 Å². The minimum atomic E-state index is -0.550. The summed E-state index contributed by atoms with van der Waals surface area (Å²) >= 11 is 1.10. The third kappa shape index (κ3) is 5.77. The van der Waals surface area contributed by atoms with E-state index in [-0.39, 0.29) is 78.9 Å². The standard InChI is InChI=1S/C40H57N3O7S/c1-35(2)15-9-16-40(8,50-35)25-12-18-39(7)32(25)27(44)21-29-37(5)17-14-30(36(3,4)28(37)13-19-38(29,39)6)49-31(45)22-51-34-41-26-11-10-23(43(47)48)20-24(26)33(46)42-34/h10-11,20,25,27-30,32,44H,9,12-19,21-22H2,1-8H3,(H,41,42,46)/t25-,27-,28+,29+,30+,32+,37+,38-,39-,40-/m1/s1. The molecule has 4 saturated carbocycles. The van der Waals surface area contributed by atoms with E-state index in [9.17, 15) is 24.8 Å². The van der Waals surface area contributed by atoms with E-state index in [4.69, 9.17) is 9.47 Å². The number of aliphatic hydroxyl groups is 1. The molecule has 7 rings (SSSR count). The number of nitro groups is 1. The van der Waals surface area contributed by atoms with Crippen molar-refractivity contribution in [3.63, 3.8) is 0 Å². The third-order valence-electron chi connectivity index (χ3n) is 15.6. The van der Waals surface area contributed by atoms with E-state index in [1.807, 2.05) is 0 Å². The Labute approximate surface area is 305 Å². The number of carbonyl (C=O) groups excluding carboxylic acids is 1. The Balaban J connectivity index is 1.05. The van der Waals surface area contributed by atoms with Gasteiger partial charge in [-0.15, -0.1) is 0 Å². The zero-order chi connectivity index (χ0) is 36.9. The normalized spacial score (nSPS) is 41.3. The fraction of sp³-hybridized carbons (Fsp3) is 0.775. The lowest BCUT2D eigenvalue weighted by Gasteiger charge is -2.70. The van der Waals surface area contributed by atoms with Crippen molar-refractivity contribution in [2.75, 3.05) is 5.75 Å². The zero-order valence-electron chi connectivity index (χ0n) is 31.7. The van der Waals surface area contributed by atoms with Crippen molar-refractivity contribution < 1.29 is 24.3 Å². The van der Waals surface area contributed by atoms with Crippen LogP contribution in [0.5, 0.6) is 0 Å². The molecule has 10 atom stereocenters. The number of nitrogens with zero attached hydrogens (tertiary/aromatic N) is 2. The number of aromatic amines is 1. The van der Waals surface area contributed by atoms with Crippen molar-refractivity contribution >= 4 is 34.3 Å². The highest BCUT2D eigenvalue weighted by molar-refractivity contribution is 7.99. The minimum absolute atomic E-state index is 0.0104. The van der Waals surface area contributed by atoms with E-state index in [1.54, 1.807) is 0 Å². The van der Waals surface area contributed by atoms with Crippen molar-refractivity contribution in [1.82, 2.24) is 9.97 Å². The maximum atomic E-state index is 13.3. The second-order valence-corrected chi connectivity index (χ2v) is 19.9. The summed E-state index contributed by atoms with van der Waals surface area (Å²) in [7, 11) is 0. The molecular formula is C40H57N3O7S. The lowest BCUT2D eigenvalue weighted by atomic mass is 9.35. The number of esters is 1. The van der Waals surface area contributed by atoms with Crippen LogP contribution in [0.4, 0.5) is 5.69 Å². The van der Waals surface area contributed by atoms with Crippen LogP contribution in [0.3, 0.4) is 0 Å². The number of carbonyl (C=O) groups is 1. The Morgan fingerprint density at radius 3 is 2.45 bits per heavy atom. The molecule has 2 heterocycles. The Hall–Kier alpha value is -2.50. The van der Waals surface area contributed by atoms with Gasteiger partial charge in [-0.1, -0.05) is 46.4 Å². The Bertz CT molecular complexity index is 1790. The molecule has 280 valence electrons. The van der Waals surface area contributed by atoms with Gasteiger partial charge in [0.1, 0.15) is 6.10 Å². The number of ether oxygens (including phenoxy) is 2. The first-order valence-corrected chi connectivity index (χ1v) is 20.1. The van der Waals surface area contributed by atoms with E-state index < -0.39 is 10.5 Å². The monoisotopic (exact) mass is 723 g/mol. The molecule has 0 bridgehead atoms. The molecular weight excluding hydrogens is 667 g/mol. The summed E-state index contributed by atoms with van der Waals surface area (Å²) in [6.45, 7) is 18.9. The van der Waals surface area contributed by atoms with Gasteiger partial charge in [0.15, 0.2) is 5.16 Å². The summed E-state index contributed by atoms with van der Waals surface area (Å²) in [6.07, 6.45) is 9.69. The number of aliphatic hydroxyl groups excluding tert-OH is 1. The molecule has 0 unspecified atom stereocenters. The molecule has 4 aliphatic carbocycles. The van der Waals surface area contributed by atoms with Gasteiger partial charge >= 0.3 is 5.97 Å². The maximum absolute atomic E-state index is 13.3. The molecule has 11 heteroatoms. The number of nitrogens with one attached hydrogen (secondary N) is 1. The molecule has 5 fully saturated rings. The van der Waals surface area contributed by atoms with E-state index in [0.29, 0.717) is 23.3 Å². The first-order chi connectivity index (χ1) is 23.7. The third-order valence-corrected chi connectivity index (χ3v) is 16.4. The number of non-ortho nitro benzene ring substituents is 1. The van der Waals surface area contributed by atoms with E-state index >= 15 is 0 Å². The summed E-state index contributed by atoms with van der Waals surface area (Å²) in [6, 6.07) is 3.97. The summed E-state index contributed by atoms with van der Waals surface area (Å²) in [4.78, 5) is 43.6. The number of benzene rings is 1. The average molecular weight is 724 g/mol. The van der Waals surface area contributed by atoms with Crippen LogP contribution in [-0.4, -0.2) is 55.1 Å². The predicted octanol–water partition coefficient (Wildman–Crippen LogP) is 8.23. The van der Waals surface area contributed by atoms with Crippen LogP contribution in [0.25, 0.3) is 10.9 Å². The number of thioether (sulfide) groups is 1. The van der Waals surface area contributed by atoms with Crippen LogP contribution in [0.15, 0.2) is 28.2 Å². The molecule has 51 heavy (non-hydrogen) atoms. The molecule has 2 N–H and O–H groups in total. The molecule has 0 radical (unpaired) electrons. The number of hydrogen-bond donors (Lipinski definition) is 2. The summed E-state index contributed by atoms with van der Waals surface area (Å²) < 4.78 is 13.2. The Kier molecular flexibility index (Phi) is 8.86. The first-order valence-electron chi connectivity index (χ1n) is 19.1. The molecule has 2 aromatic rings. The van der Waals surface area contributed by atoms with Crippen molar-refractivity contribution in [1.29, 1.82) is 0 Å². The number of aromatic nitrogens is 2. The lowest BCUT2D eigenvalue weighted by molar-refractivity contribution is -0.384. The average Bonchev–Trinajstić information content (AvgIpc) is 3.42. The number of rotatable bonds is 6. The van der Waals surface area contributed by atoms with Crippen LogP contribution >= 0.6 is 11.8 Å². The number of H-pyrrole nitrogens is 1.